The largest absolute Gasteiger partial charge is 0.331 e. The van der Waals surface area contributed by atoms with Gasteiger partial charge >= 0.3 is 0 Å². The standard InChI is InChI=1S/C11H16N2O/c1-8(2)5-11-12-7-9-6-10(14)3-4-13(9)11/h7-8H,3-6H2,1-2H3. The van der Waals surface area contributed by atoms with Crippen LogP contribution < -0.4 is 0 Å². The summed E-state index contributed by atoms with van der Waals surface area (Å²) in [6, 6.07) is 0. The molecule has 1 aromatic heterocycles. The lowest BCUT2D eigenvalue weighted by Crippen LogP contribution is -2.20. The normalized spacial score (nSPS) is 16.1. The van der Waals surface area contributed by atoms with Crippen molar-refractivity contribution in [2.75, 3.05) is 0 Å². The van der Waals surface area contributed by atoms with Crippen molar-refractivity contribution in [1.82, 2.24) is 9.55 Å². The Bertz CT molecular complexity index is 352. The van der Waals surface area contributed by atoms with Crippen molar-refractivity contribution in [3.63, 3.8) is 0 Å². The average molecular weight is 192 g/mol. The highest BCUT2D eigenvalue weighted by Gasteiger charge is 2.18. The minimum absolute atomic E-state index is 0.341. The smallest absolute Gasteiger partial charge is 0.140 e. The summed E-state index contributed by atoms with van der Waals surface area (Å²) < 4.78 is 2.21. The van der Waals surface area contributed by atoms with Crippen LogP contribution in [0.5, 0.6) is 0 Å². The zero-order chi connectivity index (χ0) is 10.1. The van der Waals surface area contributed by atoms with E-state index in [1.54, 1.807) is 0 Å². The average Bonchev–Trinajstić information content (AvgIpc) is 2.47. The van der Waals surface area contributed by atoms with Crippen molar-refractivity contribution < 1.29 is 4.79 Å². The SMILES string of the molecule is CC(C)Cc1ncc2n1CCC(=O)C2. The molecule has 0 saturated heterocycles. The van der Waals surface area contributed by atoms with E-state index < -0.39 is 0 Å². The Morgan fingerprint density at radius 3 is 3.07 bits per heavy atom. The number of rotatable bonds is 2. The third-order valence-electron chi connectivity index (χ3n) is 2.60. The second-order valence-electron chi connectivity index (χ2n) is 4.38. The van der Waals surface area contributed by atoms with Crippen LogP contribution in [0.15, 0.2) is 6.20 Å². The Balaban J connectivity index is 2.24. The number of ketones is 1. The summed E-state index contributed by atoms with van der Waals surface area (Å²) in [5, 5.41) is 0. The fourth-order valence-electron chi connectivity index (χ4n) is 1.92. The maximum atomic E-state index is 11.2. The van der Waals surface area contributed by atoms with Gasteiger partial charge in [0.25, 0.3) is 0 Å². The van der Waals surface area contributed by atoms with E-state index in [4.69, 9.17) is 0 Å². The zero-order valence-electron chi connectivity index (χ0n) is 8.79. The number of aromatic nitrogens is 2. The van der Waals surface area contributed by atoms with Crippen LogP contribution in [0.4, 0.5) is 0 Å². The van der Waals surface area contributed by atoms with Gasteiger partial charge in [-0.25, -0.2) is 4.98 Å². The van der Waals surface area contributed by atoms with Gasteiger partial charge in [0.1, 0.15) is 11.6 Å². The number of carbonyl (C=O) groups excluding carboxylic acids is 1. The lowest BCUT2D eigenvalue weighted by Gasteiger charge is -2.16. The molecule has 0 atom stereocenters. The predicted octanol–water partition coefficient (Wildman–Crippen LogP) is 1.60. The molecule has 0 N–H and O–H groups in total. The van der Waals surface area contributed by atoms with Gasteiger partial charge in [0.2, 0.25) is 0 Å². The fourth-order valence-corrected chi connectivity index (χ4v) is 1.92. The molecule has 0 unspecified atom stereocenters. The van der Waals surface area contributed by atoms with E-state index in [0.29, 0.717) is 24.5 Å². The van der Waals surface area contributed by atoms with Gasteiger partial charge in [-0.3, -0.25) is 4.79 Å². The Hall–Kier alpha value is -1.12. The first kappa shape index (κ1) is 9.44. The number of nitrogens with zero attached hydrogens (tertiary/aromatic N) is 2. The first-order chi connectivity index (χ1) is 6.66. The monoisotopic (exact) mass is 192 g/mol. The number of hydrogen-bond donors (Lipinski definition) is 0. The molecule has 0 radical (unpaired) electrons. The third-order valence-corrected chi connectivity index (χ3v) is 2.60. The van der Waals surface area contributed by atoms with E-state index in [0.717, 1.165) is 24.5 Å². The molecular formula is C11H16N2O. The van der Waals surface area contributed by atoms with Gasteiger partial charge in [-0.2, -0.15) is 0 Å². The molecular weight excluding hydrogens is 176 g/mol. The third kappa shape index (κ3) is 1.72. The van der Waals surface area contributed by atoms with Crippen LogP contribution in [-0.2, 0) is 24.2 Å². The zero-order valence-corrected chi connectivity index (χ0v) is 8.79. The molecule has 76 valence electrons. The summed E-state index contributed by atoms with van der Waals surface area (Å²) in [5.74, 6) is 2.11. The lowest BCUT2D eigenvalue weighted by atomic mass is 10.1. The van der Waals surface area contributed by atoms with Gasteiger partial charge in [-0.1, -0.05) is 13.8 Å². The van der Waals surface area contributed by atoms with Crippen molar-refractivity contribution in [2.24, 2.45) is 5.92 Å². The minimum atomic E-state index is 0.341. The highest BCUT2D eigenvalue weighted by molar-refractivity contribution is 5.81. The van der Waals surface area contributed by atoms with Crippen LogP contribution in [0, 0.1) is 5.92 Å². The Morgan fingerprint density at radius 1 is 1.57 bits per heavy atom. The Labute approximate surface area is 84.1 Å². The molecule has 2 heterocycles. The number of carbonyl (C=O) groups is 1. The minimum Gasteiger partial charge on any atom is -0.331 e. The second kappa shape index (κ2) is 3.56. The topological polar surface area (TPSA) is 34.9 Å². The molecule has 14 heavy (non-hydrogen) atoms. The highest BCUT2D eigenvalue weighted by atomic mass is 16.1. The molecule has 1 aliphatic heterocycles. The summed E-state index contributed by atoms with van der Waals surface area (Å²) >= 11 is 0. The predicted molar refractivity (Wildman–Crippen MR) is 54.1 cm³/mol. The van der Waals surface area contributed by atoms with Crippen molar-refractivity contribution >= 4 is 5.78 Å². The van der Waals surface area contributed by atoms with Crippen LogP contribution in [-0.4, -0.2) is 15.3 Å². The van der Waals surface area contributed by atoms with E-state index in [2.05, 4.69) is 23.4 Å². The first-order valence-corrected chi connectivity index (χ1v) is 5.22. The lowest BCUT2D eigenvalue weighted by molar-refractivity contribution is -0.119. The van der Waals surface area contributed by atoms with Crippen LogP contribution in [0.25, 0.3) is 0 Å². The van der Waals surface area contributed by atoms with E-state index in [1.807, 2.05) is 6.20 Å². The van der Waals surface area contributed by atoms with Gasteiger partial charge < -0.3 is 4.57 Å². The van der Waals surface area contributed by atoms with Gasteiger partial charge in [-0.15, -0.1) is 0 Å². The van der Waals surface area contributed by atoms with Crippen molar-refractivity contribution in [1.29, 1.82) is 0 Å². The summed E-state index contributed by atoms with van der Waals surface area (Å²) in [6.07, 6.45) is 4.11. The number of imidazole rings is 1. The van der Waals surface area contributed by atoms with E-state index in [1.165, 1.54) is 0 Å². The van der Waals surface area contributed by atoms with Gasteiger partial charge in [0.05, 0.1) is 0 Å². The molecule has 1 aliphatic rings. The number of hydrogen-bond acceptors (Lipinski definition) is 2. The molecule has 0 spiro atoms. The van der Waals surface area contributed by atoms with Crippen LogP contribution in [0.1, 0.15) is 31.8 Å². The number of fused-ring (bicyclic) bond motifs is 1. The molecule has 1 aromatic rings. The van der Waals surface area contributed by atoms with Gasteiger partial charge in [-0.05, 0) is 5.92 Å². The summed E-state index contributed by atoms with van der Waals surface area (Å²) in [6.45, 7) is 5.21. The van der Waals surface area contributed by atoms with E-state index in [-0.39, 0.29) is 0 Å². The fraction of sp³-hybridized carbons (Fsp3) is 0.636. The molecule has 2 rings (SSSR count). The van der Waals surface area contributed by atoms with Crippen molar-refractivity contribution in [3.05, 3.63) is 17.7 Å². The Kier molecular flexibility index (Phi) is 2.40. The van der Waals surface area contributed by atoms with Crippen molar-refractivity contribution in [2.45, 2.75) is 39.7 Å². The quantitative estimate of drug-likeness (QED) is 0.713. The van der Waals surface area contributed by atoms with E-state index in [9.17, 15) is 4.79 Å². The highest BCUT2D eigenvalue weighted by Crippen LogP contribution is 2.16. The summed E-state index contributed by atoms with van der Waals surface area (Å²) in [5.41, 5.74) is 1.09. The molecule has 3 heteroatoms. The van der Waals surface area contributed by atoms with Crippen LogP contribution >= 0.6 is 0 Å². The summed E-state index contributed by atoms with van der Waals surface area (Å²) in [7, 11) is 0. The second-order valence-corrected chi connectivity index (χ2v) is 4.38. The maximum Gasteiger partial charge on any atom is 0.140 e. The Morgan fingerprint density at radius 2 is 2.36 bits per heavy atom. The molecule has 0 aliphatic carbocycles. The molecule has 0 amide bonds. The molecule has 3 nitrogen and oxygen atoms in total. The summed E-state index contributed by atoms with van der Waals surface area (Å²) in [4.78, 5) is 15.6. The molecule has 0 bridgehead atoms. The van der Waals surface area contributed by atoms with Crippen LogP contribution in [0.3, 0.4) is 0 Å². The molecule has 0 aromatic carbocycles. The van der Waals surface area contributed by atoms with Crippen LogP contribution in [0.2, 0.25) is 0 Å². The van der Waals surface area contributed by atoms with Gasteiger partial charge in [0, 0.05) is 37.7 Å². The number of Topliss-reactive ketones (excluding diaryl/α,β-unsaturated/α-hetero) is 1. The molecule has 0 fully saturated rings. The first-order valence-electron chi connectivity index (χ1n) is 5.22. The van der Waals surface area contributed by atoms with Gasteiger partial charge in [0.15, 0.2) is 0 Å². The van der Waals surface area contributed by atoms with E-state index >= 15 is 0 Å². The molecule has 0 saturated carbocycles. The maximum absolute atomic E-state index is 11.2. The van der Waals surface area contributed by atoms with Crippen molar-refractivity contribution in [3.8, 4) is 0 Å².